The lowest BCUT2D eigenvalue weighted by Crippen LogP contribution is -2.49. The Morgan fingerprint density at radius 2 is 2.11 bits per heavy atom. The Morgan fingerprint density at radius 1 is 1.26 bits per heavy atom. The topological polar surface area (TPSA) is 33.7 Å². The molecule has 1 unspecified atom stereocenters. The minimum Gasteiger partial charge on any atom is -0.380 e. The van der Waals surface area contributed by atoms with Crippen molar-refractivity contribution in [1.82, 2.24) is 10.2 Å². The molecule has 19 heavy (non-hydrogen) atoms. The highest BCUT2D eigenvalue weighted by Gasteiger charge is 2.30. The summed E-state index contributed by atoms with van der Waals surface area (Å²) < 4.78 is 11.1. The lowest BCUT2D eigenvalue weighted by atomic mass is 9.95. The lowest BCUT2D eigenvalue weighted by Gasteiger charge is -2.39. The average molecular weight is 272 g/mol. The summed E-state index contributed by atoms with van der Waals surface area (Å²) in [4.78, 5) is 2.50. The van der Waals surface area contributed by atoms with Crippen molar-refractivity contribution in [2.24, 2.45) is 0 Å². The van der Waals surface area contributed by atoms with Gasteiger partial charge in [-0.25, -0.2) is 0 Å². The molecule has 0 spiro atoms. The summed E-state index contributed by atoms with van der Waals surface area (Å²) in [5.74, 6) is 0. The van der Waals surface area contributed by atoms with Crippen LogP contribution in [-0.2, 0) is 9.47 Å². The molecule has 0 aromatic carbocycles. The quantitative estimate of drug-likeness (QED) is 0.616. The zero-order valence-electron chi connectivity index (χ0n) is 13.0. The van der Waals surface area contributed by atoms with Crippen LogP contribution in [0.15, 0.2) is 0 Å². The molecule has 0 aromatic heterocycles. The van der Waals surface area contributed by atoms with Crippen molar-refractivity contribution in [2.45, 2.75) is 45.1 Å². The molecule has 1 N–H and O–H groups in total. The molecule has 114 valence electrons. The SMILES string of the molecule is CCCCOCCNCCN1CCCC(C)(OC)C1. The number of hydrogen-bond donors (Lipinski definition) is 1. The van der Waals surface area contributed by atoms with Gasteiger partial charge < -0.3 is 14.8 Å². The van der Waals surface area contributed by atoms with E-state index in [-0.39, 0.29) is 5.60 Å². The minimum absolute atomic E-state index is 0.0571. The Labute approximate surface area is 118 Å². The Morgan fingerprint density at radius 3 is 2.84 bits per heavy atom. The van der Waals surface area contributed by atoms with Crippen molar-refractivity contribution < 1.29 is 9.47 Å². The predicted molar refractivity (Wildman–Crippen MR) is 79.7 cm³/mol. The molecule has 0 saturated carbocycles. The number of likely N-dealkylation sites (tertiary alicyclic amines) is 1. The van der Waals surface area contributed by atoms with Crippen molar-refractivity contribution in [2.75, 3.05) is 53.0 Å². The zero-order chi connectivity index (χ0) is 14.0. The number of ether oxygens (including phenoxy) is 2. The van der Waals surface area contributed by atoms with Gasteiger partial charge in [0.1, 0.15) is 0 Å². The standard InChI is InChI=1S/C15H32N2O2/c1-4-5-12-19-13-9-16-8-11-17-10-6-7-15(2,14-17)18-3/h16H,4-14H2,1-3H3. The van der Waals surface area contributed by atoms with E-state index < -0.39 is 0 Å². The summed E-state index contributed by atoms with van der Waals surface area (Å²) in [6.07, 6.45) is 4.80. The molecule has 1 saturated heterocycles. The maximum Gasteiger partial charge on any atom is 0.0777 e. The third-order valence-electron chi connectivity index (χ3n) is 3.90. The fourth-order valence-electron chi connectivity index (χ4n) is 2.52. The van der Waals surface area contributed by atoms with Crippen molar-refractivity contribution in [3.05, 3.63) is 0 Å². The van der Waals surface area contributed by atoms with Gasteiger partial charge in [0, 0.05) is 39.9 Å². The zero-order valence-corrected chi connectivity index (χ0v) is 13.0. The van der Waals surface area contributed by atoms with Crippen LogP contribution in [0.25, 0.3) is 0 Å². The van der Waals surface area contributed by atoms with Crippen LogP contribution in [0.3, 0.4) is 0 Å². The van der Waals surface area contributed by atoms with E-state index >= 15 is 0 Å². The Bertz CT molecular complexity index is 226. The van der Waals surface area contributed by atoms with Gasteiger partial charge in [-0.15, -0.1) is 0 Å². The molecule has 1 rings (SSSR count). The van der Waals surface area contributed by atoms with Crippen LogP contribution in [0.5, 0.6) is 0 Å². The summed E-state index contributed by atoms with van der Waals surface area (Å²) >= 11 is 0. The first-order valence-corrected chi connectivity index (χ1v) is 7.76. The van der Waals surface area contributed by atoms with Gasteiger partial charge in [0.25, 0.3) is 0 Å². The van der Waals surface area contributed by atoms with E-state index in [1.165, 1.54) is 32.2 Å². The van der Waals surface area contributed by atoms with E-state index in [0.29, 0.717) is 0 Å². The van der Waals surface area contributed by atoms with Gasteiger partial charge in [0.05, 0.1) is 12.2 Å². The highest BCUT2D eigenvalue weighted by Crippen LogP contribution is 2.23. The maximum absolute atomic E-state index is 5.61. The molecule has 4 heteroatoms. The van der Waals surface area contributed by atoms with Gasteiger partial charge in [-0.1, -0.05) is 13.3 Å². The average Bonchev–Trinajstić information content (AvgIpc) is 2.42. The normalized spacial score (nSPS) is 24.8. The number of piperidine rings is 1. The fraction of sp³-hybridized carbons (Fsp3) is 1.00. The van der Waals surface area contributed by atoms with Crippen molar-refractivity contribution in [3.8, 4) is 0 Å². The monoisotopic (exact) mass is 272 g/mol. The van der Waals surface area contributed by atoms with E-state index in [1.807, 2.05) is 7.11 Å². The molecule has 1 atom stereocenters. The minimum atomic E-state index is 0.0571. The second-order valence-corrected chi connectivity index (χ2v) is 5.75. The summed E-state index contributed by atoms with van der Waals surface area (Å²) in [7, 11) is 1.83. The number of methoxy groups -OCH3 is 1. The first kappa shape index (κ1) is 16.9. The van der Waals surface area contributed by atoms with Gasteiger partial charge >= 0.3 is 0 Å². The van der Waals surface area contributed by atoms with E-state index in [4.69, 9.17) is 9.47 Å². The fourth-order valence-corrected chi connectivity index (χ4v) is 2.52. The van der Waals surface area contributed by atoms with E-state index in [2.05, 4.69) is 24.1 Å². The second kappa shape index (κ2) is 9.70. The number of hydrogen-bond acceptors (Lipinski definition) is 4. The number of nitrogens with zero attached hydrogens (tertiary/aromatic N) is 1. The maximum atomic E-state index is 5.61. The van der Waals surface area contributed by atoms with Gasteiger partial charge in [-0.2, -0.15) is 0 Å². The third kappa shape index (κ3) is 7.25. The first-order valence-electron chi connectivity index (χ1n) is 7.76. The molecule has 0 aliphatic carbocycles. The van der Waals surface area contributed by atoms with Crippen LogP contribution in [0.1, 0.15) is 39.5 Å². The van der Waals surface area contributed by atoms with Crippen LogP contribution in [-0.4, -0.2) is 63.5 Å². The molecule has 1 aliphatic heterocycles. The number of nitrogens with one attached hydrogen (secondary N) is 1. The summed E-state index contributed by atoms with van der Waals surface area (Å²) in [6.45, 7) is 11.5. The highest BCUT2D eigenvalue weighted by molar-refractivity contribution is 4.84. The molecule has 1 aliphatic rings. The summed E-state index contributed by atoms with van der Waals surface area (Å²) in [6, 6.07) is 0. The third-order valence-corrected chi connectivity index (χ3v) is 3.90. The van der Waals surface area contributed by atoms with Crippen molar-refractivity contribution in [1.29, 1.82) is 0 Å². The molecule has 1 heterocycles. The lowest BCUT2D eigenvalue weighted by molar-refractivity contribution is -0.0502. The highest BCUT2D eigenvalue weighted by atomic mass is 16.5. The molecule has 4 nitrogen and oxygen atoms in total. The second-order valence-electron chi connectivity index (χ2n) is 5.75. The number of unbranched alkanes of at least 4 members (excludes halogenated alkanes) is 1. The molecule has 0 aromatic rings. The Kier molecular flexibility index (Phi) is 8.62. The van der Waals surface area contributed by atoms with Crippen molar-refractivity contribution in [3.63, 3.8) is 0 Å². The summed E-state index contributed by atoms with van der Waals surface area (Å²) in [5, 5.41) is 3.45. The van der Waals surface area contributed by atoms with Crippen LogP contribution in [0.4, 0.5) is 0 Å². The predicted octanol–water partition coefficient (Wildman–Crippen LogP) is 1.89. The van der Waals surface area contributed by atoms with Crippen molar-refractivity contribution >= 4 is 0 Å². The van der Waals surface area contributed by atoms with E-state index in [1.54, 1.807) is 0 Å². The van der Waals surface area contributed by atoms with Crippen LogP contribution < -0.4 is 5.32 Å². The first-order chi connectivity index (χ1) is 9.20. The summed E-state index contributed by atoms with van der Waals surface area (Å²) in [5.41, 5.74) is 0.0571. The van der Waals surface area contributed by atoms with Crippen LogP contribution in [0.2, 0.25) is 0 Å². The van der Waals surface area contributed by atoms with Gasteiger partial charge in [-0.05, 0) is 32.7 Å². The van der Waals surface area contributed by atoms with E-state index in [9.17, 15) is 0 Å². The Hall–Kier alpha value is -0.160. The van der Waals surface area contributed by atoms with Gasteiger partial charge in [-0.3, -0.25) is 4.90 Å². The smallest absolute Gasteiger partial charge is 0.0777 e. The van der Waals surface area contributed by atoms with Crippen LogP contribution >= 0.6 is 0 Å². The largest absolute Gasteiger partial charge is 0.380 e. The van der Waals surface area contributed by atoms with Gasteiger partial charge in [0.2, 0.25) is 0 Å². The molecular weight excluding hydrogens is 240 g/mol. The van der Waals surface area contributed by atoms with Gasteiger partial charge in [0.15, 0.2) is 0 Å². The number of rotatable bonds is 10. The molecule has 0 bridgehead atoms. The Balaban J connectivity index is 1.97. The molecule has 1 fully saturated rings. The molecule has 0 amide bonds. The molecular formula is C15H32N2O2. The van der Waals surface area contributed by atoms with Crippen LogP contribution in [0, 0.1) is 0 Å². The molecule has 0 radical (unpaired) electrons. The van der Waals surface area contributed by atoms with E-state index in [0.717, 1.165) is 39.4 Å².